The third-order valence-electron chi connectivity index (χ3n) is 4.67. The molecule has 0 bridgehead atoms. The maximum atomic E-state index is 11.3. The molecule has 2 rings (SSSR count). The van der Waals surface area contributed by atoms with Crippen LogP contribution in [-0.2, 0) is 14.1 Å². The number of hydrogen-bond acceptors (Lipinski definition) is 3. The van der Waals surface area contributed by atoms with E-state index in [0.717, 1.165) is 16.7 Å². The lowest BCUT2D eigenvalue weighted by atomic mass is 9.66. The molecule has 1 atom stereocenters. The Kier molecular flexibility index (Phi) is 4.42. The van der Waals surface area contributed by atoms with Crippen molar-refractivity contribution in [2.45, 2.75) is 65.0 Å². The van der Waals surface area contributed by atoms with Crippen molar-refractivity contribution in [1.29, 1.82) is 0 Å². The molecular formula is C17H25BO4. The van der Waals surface area contributed by atoms with Gasteiger partial charge in [0.05, 0.1) is 17.6 Å². The number of benzene rings is 1. The normalized spacial score (nSPS) is 20.9. The number of carbonyl (C=O) groups is 1. The number of carboxylic acids is 1. The largest absolute Gasteiger partial charge is 0.481 e. The van der Waals surface area contributed by atoms with Gasteiger partial charge in [0.1, 0.15) is 0 Å². The quantitative estimate of drug-likeness (QED) is 0.865. The van der Waals surface area contributed by atoms with Gasteiger partial charge in [-0.05, 0) is 47.1 Å². The molecule has 4 nitrogen and oxygen atoms in total. The molecule has 0 radical (unpaired) electrons. The van der Waals surface area contributed by atoms with Crippen LogP contribution in [0.1, 0.15) is 56.6 Å². The van der Waals surface area contributed by atoms with E-state index < -0.39 is 24.3 Å². The maximum absolute atomic E-state index is 11.3. The van der Waals surface area contributed by atoms with E-state index in [1.807, 2.05) is 53.7 Å². The van der Waals surface area contributed by atoms with Gasteiger partial charge in [0.2, 0.25) is 0 Å². The molecular weight excluding hydrogens is 279 g/mol. The summed E-state index contributed by atoms with van der Waals surface area (Å²) in [5.41, 5.74) is 2.25. The molecule has 1 aliphatic heterocycles. The summed E-state index contributed by atoms with van der Waals surface area (Å²) in [4.78, 5) is 11.3. The fourth-order valence-electron chi connectivity index (χ4n) is 2.84. The van der Waals surface area contributed by atoms with E-state index in [2.05, 4.69) is 6.07 Å². The molecule has 1 fully saturated rings. The lowest BCUT2D eigenvalue weighted by molar-refractivity contribution is -0.137. The second-order valence-electron chi connectivity index (χ2n) is 7.25. The zero-order chi connectivity index (χ0) is 16.7. The summed E-state index contributed by atoms with van der Waals surface area (Å²) in [5, 5.41) is 9.29. The van der Waals surface area contributed by atoms with Crippen LogP contribution in [-0.4, -0.2) is 29.4 Å². The molecule has 1 aliphatic rings. The summed E-state index contributed by atoms with van der Waals surface area (Å²) in [5.74, 6) is -1.17. The first-order chi connectivity index (χ1) is 10.0. The van der Waals surface area contributed by atoms with E-state index in [9.17, 15) is 9.90 Å². The monoisotopic (exact) mass is 304 g/mol. The Labute approximate surface area is 133 Å². The Morgan fingerprint density at radius 3 is 1.95 bits per heavy atom. The molecule has 5 heteroatoms. The highest BCUT2D eigenvalue weighted by Gasteiger charge is 2.54. The molecule has 1 N–H and O–H groups in total. The molecule has 0 amide bonds. The average Bonchev–Trinajstić information content (AvgIpc) is 2.53. The molecule has 0 spiro atoms. The average molecular weight is 304 g/mol. The van der Waals surface area contributed by atoms with Crippen LogP contribution in [0.5, 0.6) is 0 Å². The predicted molar refractivity (Wildman–Crippen MR) is 87.0 cm³/mol. The minimum absolute atomic E-state index is 0.0142. The van der Waals surface area contributed by atoms with Crippen LogP contribution in [0.4, 0.5) is 0 Å². The first-order valence-electron chi connectivity index (χ1n) is 7.67. The summed E-state index contributed by atoms with van der Waals surface area (Å²) in [7, 11) is -0.553. The van der Waals surface area contributed by atoms with E-state index >= 15 is 0 Å². The zero-order valence-electron chi connectivity index (χ0n) is 14.3. The predicted octanol–water partition coefficient (Wildman–Crippen LogP) is 3.49. The Balaban J connectivity index is 2.37. The summed E-state index contributed by atoms with van der Waals surface area (Å²) in [6, 6.07) is 6.11. The van der Waals surface area contributed by atoms with E-state index in [4.69, 9.17) is 9.31 Å². The lowest BCUT2D eigenvalue weighted by Crippen LogP contribution is -2.41. The number of aryl methyl sites for hydroxylation is 2. The third-order valence-corrected chi connectivity index (χ3v) is 4.67. The molecule has 1 aromatic carbocycles. The van der Waals surface area contributed by atoms with E-state index in [0.29, 0.717) is 0 Å². The topological polar surface area (TPSA) is 55.8 Å². The van der Waals surface area contributed by atoms with Crippen LogP contribution in [0.3, 0.4) is 0 Å². The fraction of sp³-hybridized carbons (Fsp3) is 0.588. The first-order valence-corrected chi connectivity index (χ1v) is 7.67. The number of hydrogen-bond donors (Lipinski definition) is 1. The molecule has 1 saturated heterocycles. The van der Waals surface area contributed by atoms with Crippen LogP contribution in [0, 0.1) is 13.8 Å². The van der Waals surface area contributed by atoms with Crippen molar-refractivity contribution in [3.8, 4) is 0 Å². The highest BCUT2D eigenvalue weighted by Crippen LogP contribution is 2.41. The highest BCUT2D eigenvalue weighted by atomic mass is 16.7. The smallest absolute Gasteiger partial charge is 0.466 e. The van der Waals surface area contributed by atoms with Gasteiger partial charge in [0, 0.05) is 5.82 Å². The molecule has 1 aromatic rings. The standard InChI is InChI=1S/C17H25BO4/c1-11-7-12(2)9-13(8-11)14(10-15(19)20)18-21-16(3,4)17(5,6)22-18/h7-9,14H,10H2,1-6H3,(H,19,20). The third kappa shape index (κ3) is 3.36. The van der Waals surface area contributed by atoms with Gasteiger partial charge in [0.15, 0.2) is 0 Å². The van der Waals surface area contributed by atoms with Gasteiger partial charge in [-0.25, -0.2) is 0 Å². The van der Waals surface area contributed by atoms with Crippen LogP contribution >= 0.6 is 0 Å². The van der Waals surface area contributed by atoms with Crippen LogP contribution in [0.15, 0.2) is 18.2 Å². The van der Waals surface area contributed by atoms with Gasteiger partial charge in [-0.3, -0.25) is 4.79 Å². The fourth-order valence-corrected chi connectivity index (χ4v) is 2.84. The zero-order valence-corrected chi connectivity index (χ0v) is 14.3. The van der Waals surface area contributed by atoms with Crippen molar-refractivity contribution in [2.75, 3.05) is 0 Å². The van der Waals surface area contributed by atoms with Crippen molar-refractivity contribution < 1.29 is 19.2 Å². The summed E-state index contributed by atoms with van der Waals surface area (Å²) in [6.07, 6.45) is -0.0142. The van der Waals surface area contributed by atoms with Crippen molar-refractivity contribution in [3.63, 3.8) is 0 Å². The second kappa shape index (κ2) is 5.71. The van der Waals surface area contributed by atoms with Crippen molar-refractivity contribution in [3.05, 3.63) is 34.9 Å². The SMILES string of the molecule is Cc1cc(C)cc(C(CC(=O)O)B2OC(C)(C)C(C)(C)O2)c1. The van der Waals surface area contributed by atoms with Crippen molar-refractivity contribution in [1.82, 2.24) is 0 Å². The summed E-state index contributed by atoms with van der Waals surface area (Å²) >= 11 is 0. The van der Waals surface area contributed by atoms with Gasteiger partial charge in [-0.15, -0.1) is 0 Å². The Morgan fingerprint density at radius 2 is 1.55 bits per heavy atom. The lowest BCUT2D eigenvalue weighted by Gasteiger charge is -2.32. The molecule has 0 aliphatic carbocycles. The maximum Gasteiger partial charge on any atom is 0.466 e. The molecule has 0 saturated carbocycles. The van der Waals surface area contributed by atoms with Gasteiger partial charge in [-0.1, -0.05) is 29.3 Å². The van der Waals surface area contributed by atoms with E-state index in [-0.39, 0.29) is 12.2 Å². The van der Waals surface area contributed by atoms with Crippen molar-refractivity contribution >= 4 is 13.1 Å². The molecule has 1 heterocycles. The number of aliphatic carboxylic acids is 1. The molecule has 0 aromatic heterocycles. The van der Waals surface area contributed by atoms with Gasteiger partial charge in [-0.2, -0.15) is 0 Å². The highest BCUT2D eigenvalue weighted by molar-refractivity contribution is 6.48. The Hall–Kier alpha value is -1.33. The molecule has 120 valence electrons. The summed E-state index contributed by atoms with van der Waals surface area (Å²) in [6.45, 7) is 11.9. The minimum atomic E-state index is -0.848. The number of rotatable bonds is 4. The molecule has 22 heavy (non-hydrogen) atoms. The first kappa shape index (κ1) is 17.0. The Morgan fingerprint density at radius 1 is 1.09 bits per heavy atom. The summed E-state index contributed by atoms with van der Waals surface area (Å²) < 4.78 is 12.2. The second-order valence-corrected chi connectivity index (χ2v) is 7.25. The van der Waals surface area contributed by atoms with Crippen molar-refractivity contribution in [2.24, 2.45) is 0 Å². The molecule has 1 unspecified atom stereocenters. The van der Waals surface area contributed by atoms with Crippen LogP contribution < -0.4 is 0 Å². The van der Waals surface area contributed by atoms with Crippen LogP contribution in [0.2, 0.25) is 0 Å². The van der Waals surface area contributed by atoms with E-state index in [1.165, 1.54) is 0 Å². The Bertz CT molecular complexity index is 544. The minimum Gasteiger partial charge on any atom is -0.481 e. The van der Waals surface area contributed by atoms with Gasteiger partial charge >= 0.3 is 13.1 Å². The van der Waals surface area contributed by atoms with Gasteiger partial charge in [0.25, 0.3) is 0 Å². The van der Waals surface area contributed by atoms with E-state index in [1.54, 1.807) is 0 Å². The van der Waals surface area contributed by atoms with Crippen LogP contribution in [0.25, 0.3) is 0 Å². The van der Waals surface area contributed by atoms with Gasteiger partial charge < -0.3 is 14.4 Å². The number of carboxylic acid groups (broad SMARTS) is 1.